The molecule has 5 nitrogen and oxygen atoms in total. The van der Waals surface area contributed by atoms with Crippen LogP contribution in [-0.2, 0) is 10.2 Å². The monoisotopic (exact) mass is 251 g/mol. The lowest BCUT2D eigenvalue weighted by Gasteiger charge is -2.20. The van der Waals surface area contributed by atoms with Crippen molar-refractivity contribution in [2.45, 2.75) is 39.0 Å². The van der Waals surface area contributed by atoms with Crippen LogP contribution in [0.2, 0.25) is 0 Å². The predicted molar refractivity (Wildman–Crippen MR) is 68.5 cm³/mol. The molecule has 100 valence electrons. The quantitative estimate of drug-likeness (QED) is 0.784. The molecule has 2 heterocycles. The van der Waals surface area contributed by atoms with Crippen LogP contribution in [0.25, 0.3) is 0 Å². The van der Waals surface area contributed by atoms with E-state index in [0.29, 0.717) is 5.88 Å². The molecule has 1 aliphatic heterocycles. The molecule has 1 saturated heterocycles. The number of carbonyl (C=O) groups is 1. The second-order valence-corrected chi connectivity index (χ2v) is 5.79. The van der Waals surface area contributed by atoms with E-state index in [1.165, 1.54) is 0 Å². The average Bonchev–Trinajstić information content (AvgIpc) is 2.78. The second kappa shape index (κ2) is 5.10. The summed E-state index contributed by atoms with van der Waals surface area (Å²) in [5.74, 6) is 1.13. The highest BCUT2D eigenvalue weighted by Gasteiger charge is 2.24. The van der Waals surface area contributed by atoms with Gasteiger partial charge in [-0.3, -0.25) is 4.79 Å². The molecule has 2 rings (SSSR count). The number of hydrogen-bond donors (Lipinski definition) is 2. The van der Waals surface area contributed by atoms with Crippen molar-refractivity contribution >= 4 is 5.97 Å². The third-order valence-corrected chi connectivity index (χ3v) is 3.15. The molecule has 0 atom stereocenters. The van der Waals surface area contributed by atoms with E-state index < -0.39 is 0 Å². The molecule has 0 saturated carbocycles. The first kappa shape index (κ1) is 13.1. The summed E-state index contributed by atoms with van der Waals surface area (Å²) in [5, 5.41) is 3.23. The maximum atomic E-state index is 11.9. The molecule has 0 bridgehead atoms. The van der Waals surface area contributed by atoms with Gasteiger partial charge in [0.25, 0.3) is 0 Å². The summed E-state index contributed by atoms with van der Waals surface area (Å²) in [6, 6.07) is 0. The summed E-state index contributed by atoms with van der Waals surface area (Å²) in [4.78, 5) is 19.2. The van der Waals surface area contributed by atoms with E-state index in [2.05, 4.69) is 36.1 Å². The van der Waals surface area contributed by atoms with Gasteiger partial charge < -0.3 is 15.0 Å². The largest absolute Gasteiger partial charge is 0.408 e. The van der Waals surface area contributed by atoms with Crippen LogP contribution in [0.15, 0.2) is 6.20 Å². The van der Waals surface area contributed by atoms with Crippen molar-refractivity contribution in [1.82, 2.24) is 15.3 Å². The molecular formula is C13H21N3O2. The Morgan fingerprint density at radius 1 is 1.39 bits per heavy atom. The number of carbonyl (C=O) groups excluding carboxylic acids is 1. The van der Waals surface area contributed by atoms with E-state index in [0.717, 1.165) is 31.8 Å². The fraction of sp³-hybridized carbons (Fsp3) is 0.692. The van der Waals surface area contributed by atoms with Gasteiger partial charge in [-0.15, -0.1) is 0 Å². The number of hydrogen-bond acceptors (Lipinski definition) is 4. The Hall–Kier alpha value is -1.36. The summed E-state index contributed by atoms with van der Waals surface area (Å²) < 4.78 is 5.34. The van der Waals surface area contributed by atoms with Gasteiger partial charge in [-0.05, 0) is 25.9 Å². The van der Waals surface area contributed by atoms with Crippen LogP contribution in [0, 0.1) is 5.92 Å². The molecule has 1 aliphatic rings. The normalized spacial score (nSPS) is 17.7. The van der Waals surface area contributed by atoms with Crippen molar-refractivity contribution in [2.24, 2.45) is 5.92 Å². The van der Waals surface area contributed by atoms with Gasteiger partial charge in [0.2, 0.25) is 5.88 Å². The molecule has 0 aliphatic carbocycles. The lowest BCUT2D eigenvalue weighted by molar-refractivity contribution is -0.140. The Morgan fingerprint density at radius 2 is 2.06 bits per heavy atom. The summed E-state index contributed by atoms with van der Waals surface area (Å²) in [6.45, 7) is 7.95. The van der Waals surface area contributed by atoms with Crippen molar-refractivity contribution < 1.29 is 9.53 Å². The third kappa shape index (κ3) is 3.10. The Morgan fingerprint density at radius 3 is 2.61 bits per heavy atom. The van der Waals surface area contributed by atoms with Crippen LogP contribution in [0.4, 0.5) is 0 Å². The van der Waals surface area contributed by atoms with E-state index in [-0.39, 0.29) is 17.3 Å². The van der Waals surface area contributed by atoms with Crippen LogP contribution in [0.1, 0.15) is 39.4 Å². The average molecular weight is 251 g/mol. The van der Waals surface area contributed by atoms with Gasteiger partial charge in [0.1, 0.15) is 5.82 Å². The Labute approximate surface area is 107 Å². The first-order chi connectivity index (χ1) is 8.47. The van der Waals surface area contributed by atoms with Gasteiger partial charge in [-0.25, -0.2) is 4.98 Å². The molecule has 2 N–H and O–H groups in total. The van der Waals surface area contributed by atoms with Gasteiger partial charge in [0, 0.05) is 5.41 Å². The summed E-state index contributed by atoms with van der Waals surface area (Å²) >= 11 is 0. The van der Waals surface area contributed by atoms with Crippen LogP contribution in [0.5, 0.6) is 5.88 Å². The van der Waals surface area contributed by atoms with Crippen LogP contribution in [-0.4, -0.2) is 29.0 Å². The summed E-state index contributed by atoms with van der Waals surface area (Å²) in [5.41, 5.74) is -0.0700. The second-order valence-electron chi connectivity index (χ2n) is 5.79. The maximum absolute atomic E-state index is 11.9. The number of nitrogens with one attached hydrogen (secondary N) is 2. The molecule has 18 heavy (non-hydrogen) atoms. The van der Waals surface area contributed by atoms with Crippen molar-refractivity contribution in [3.63, 3.8) is 0 Å². The van der Waals surface area contributed by atoms with E-state index in [1.54, 1.807) is 6.20 Å². The number of H-pyrrole nitrogens is 1. The zero-order valence-electron chi connectivity index (χ0n) is 11.2. The maximum Gasteiger partial charge on any atom is 0.315 e. The van der Waals surface area contributed by atoms with Crippen LogP contribution < -0.4 is 10.1 Å². The van der Waals surface area contributed by atoms with Gasteiger partial charge >= 0.3 is 5.97 Å². The van der Waals surface area contributed by atoms with Gasteiger partial charge in [-0.2, -0.15) is 0 Å². The number of aromatic nitrogens is 2. The van der Waals surface area contributed by atoms with Crippen molar-refractivity contribution in [1.29, 1.82) is 0 Å². The van der Waals surface area contributed by atoms with Crippen LogP contribution >= 0.6 is 0 Å². The highest BCUT2D eigenvalue weighted by atomic mass is 16.5. The SMILES string of the molecule is CC(C)(C)c1ncc(OC(=O)C2CCNCC2)[nH]1. The molecule has 1 aromatic heterocycles. The molecule has 5 heteroatoms. The standard InChI is InChI=1S/C13H21N3O2/c1-13(2,3)12-15-8-10(16-12)18-11(17)9-4-6-14-7-5-9/h8-9,14H,4-7H2,1-3H3,(H,15,16). The van der Waals surface area contributed by atoms with Gasteiger partial charge in [-0.1, -0.05) is 20.8 Å². The molecule has 0 aromatic carbocycles. The molecule has 0 amide bonds. The fourth-order valence-corrected chi connectivity index (χ4v) is 1.99. The zero-order chi connectivity index (χ0) is 13.2. The number of nitrogens with zero attached hydrogens (tertiary/aromatic N) is 1. The van der Waals surface area contributed by atoms with Crippen LogP contribution in [0.3, 0.4) is 0 Å². The number of esters is 1. The smallest absolute Gasteiger partial charge is 0.315 e. The highest BCUT2D eigenvalue weighted by Crippen LogP contribution is 2.22. The summed E-state index contributed by atoms with van der Waals surface area (Å²) in [7, 11) is 0. The molecular weight excluding hydrogens is 230 g/mol. The lowest BCUT2D eigenvalue weighted by Crippen LogP contribution is -2.33. The number of piperidine rings is 1. The van der Waals surface area contributed by atoms with Crippen molar-refractivity contribution in [3.8, 4) is 5.88 Å². The third-order valence-electron chi connectivity index (χ3n) is 3.15. The van der Waals surface area contributed by atoms with E-state index in [4.69, 9.17) is 4.74 Å². The molecule has 1 aromatic rings. The van der Waals surface area contributed by atoms with Gasteiger partial charge in [0.15, 0.2) is 0 Å². The minimum atomic E-state index is -0.152. The number of rotatable bonds is 2. The zero-order valence-corrected chi connectivity index (χ0v) is 11.2. The fourth-order valence-electron chi connectivity index (χ4n) is 1.99. The number of aromatic amines is 1. The minimum Gasteiger partial charge on any atom is -0.408 e. The first-order valence-electron chi connectivity index (χ1n) is 6.45. The minimum absolute atomic E-state index is 0.00707. The topological polar surface area (TPSA) is 67.0 Å². The van der Waals surface area contributed by atoms with E-state index >= 15 is 0 Å². The summed E-state index contributed by atoms with van der Waals surface area (Å²) in [6.07, 6.45) is 3.28. The van der Waals surface area contributed by atoms with E-state index in [1.807, 2.05) is 0 Å². The van der Waals surface area contributed by atoms with Crippen molar-refractivity contribution in [2.75, 3.05) is 13.1 Å². The Bertz CT molecular complexity index is 414. The molecule has 0 radical (unpaired) electrons. The molecule has 0 unspecified atom stereocenters. The number of imidazole rings is 1. The number of ether oxygens (including phenoxy) is 1. The predicted octanol–water partition coefficient (Wildman–Crippen LogP) is 1.61. The Kier molecular flexibility index (Phi) is 3.71. The highest BCUT2D eigenvalue weighted by molar-refractivity contribution is 5.74. The van der Waals surface area contributed by atoms with Gasteiger partial charge in [0.05, 0.1) is 12.1 Å². The van der Waals surface area contributed by atoms with Crippen molar-refractivity contribution in [3.05, 3.63) is 12.0 Å². The lowest BCUT2D eigenvalue weighted by atomic mass is 9.96. The first-order valence-corrected chi connectivity index (χ1v) is 6.45. The molecule has 1 fully saturated rings. The van der Waals surface area contributed by atoms with E-state index in [9.17, 15) is 4.79 Å². The molecule has 0 spiro atoms. The Balaban J connectivity index is 1.96.